The quantitative estimate of drug-likeness (QED) is 0.363. The molecule has 0 bridgehead atoms. The van der Waals surface area contributed by atoms with Gasteiger partial charge in [-0.3, -0.25) is 0 Å². The van der Waals surface area contributed by atoms with E-state index >= 15 is 0 Å². The number of phenols is 2. The van der Waals surface area contributed by atoms with Gasteiger partial charge in [0.05, 0.1) is 5.39 Å². The van der Waals surface area contributed by atoms with Gasteiger partial charge in [0.2, 0.25) is 0 Å². The maximum Gasteiger partial charge on any atom is 0.344 e. The van der Waals surface area contributed by atoms with Crippen molar-refractivity contribution in [3.63, 3.8) is 0 Å². The zero-order valence-corrected chi connectivity index (χ0v) is 8.98. The third-order valence-corrected chi connectivity index (χ3v) is 2.77. The predicted octanol–water partition coefficient (Wildman–Crippen LogP) is 2.50. The molecular formula is C13H7FO4. The van der Waals surface area contributed by atoms with Crippen molar-refractivity contribution in [3.05, 3.63) is 46.6 Å². The summed E-state index contributed by atoms with van der Waals surface area (Å²) in [5.74, 6) is -1.26. The van der Waals surface area contributed by atoms with E-state index in [4.69, 9.17) is 4.42 Å². The minimum Gasteiger partial charge on any atom is -0.504 e. The molecule has 3 aromatic rings. The Hall–Kier alpha value is -2.56. The van der Waals surface area contributed by atoms with Crippen molar-refractivity contribution >= 4 is 21.7 Å². The van der Waals surface area contributed by atoms with Crippen LogP contribution in [0.3, 0.4) is 0 Å². The van der Waals surface area contributed by atoms with Crippen LogP contribution in [0.4, 0.5) is 4.39 Å². The minimum atomic E-state index is -0.623. The molecule has 0 amide bonds. The van der Waals surface area contributed by atoms with Gasteiger partial charge in [-0.05, 0) is 24.3 Å². The molecule has 5 heteroatoms. The van der Waals surface area contributed by atoms with E-state index in [2.05, 4.69) is 0 Å². The largest absolute Gasteiger partial charge is 0.504 e. The summed E-state index contributed by atoms with van der Waals surface area (Å²) >= 11 is 0. The van der Waals surface area contributed by atoms with Gasteiger partial charge in [-0.2, -0.15) is 0 Å². The van der Waals surface area contributed by atoms with Crippen LogP contribution in [0.5, 0.6) is 11.5 Å². The molecule has 2 N–H and O–H groups in total. The maximum absolute atomic E-state index is 13.2. The van der Waals surface area contributed by atoms with Gasteiger partial charge in [0, 0.05) is 16.8 Å². The molecule has 0 fully saturated rings. The first kappa shape index (κ1) is 10.6. The van der Waals surface area contributed by atoms with Crippen molar-refractivity contribution in [2.75, 3.05) is 0 Å². The van der Waals surface area contributed by atoms with Crippen molar-refractivity contribution < 1.29 is 19.0 Å². The van der Waals surface area contributed by atoms with E-state index in [1.807, 2.05) is 0 Å². The Kier molecular flexibility index (Phi) is 2.04. The molecule has 3 rings (SSSR count). The Morgan fingerprint density at radius 3 is 2.44 bits per heavy atom. The molecule has 4 nitrogen and oxygen atoms in total. The summed E-state index contributed by atoms with van der Waals surface area (Å²) in [5.41, 5.74) is -0.531. The first-order valence-electron chi connectivity index (χ1n) is 5.14. The first-order valence-corrected chi connectivity index (χ1v) is 5.14. The van der Waals surface area contributed by atoms with E-state index in [-0.39, 0.29) is 16.7 Å². The molecule has 0 radical (unpaired) electrons. The van der Waals surface area contributed by atoms with Crippen molar-refractivity contribution in [1.29, 1.82) is 0 Å². The van der Waals surface area contributed by atoms with Crippen molar-refractivity contribution in [3.8, 4) is 11.5 Å². The number of aromatic hydroxyl groups is 2. The molecule has 1 heterocycles. The summed E-state index contributed by atoms with van der Waals surface area (Å²) in [6.07, 6.45) is 0. The fraction of sp³-hybridized carbons (Fsp3) is 0. The first-order chi connectivity index (χ1) is 8.56. The number of benzene rings is 2. The SMILES string of the molecule is O=c1oc2cc(O)c(O)cc2c2cc(F)ccc12. The van der Waals surface area contributed by atoms with Gasteiger partial charge in [0.25, 0.3) is 0 Å². The zero-order valence-electron chi connectivity index (χ0n) is 8.98. The van der Waals surface area contributed by atoms with Gasteiger partial charge in [-0.1, -0.05) is 0 Å². The van der Waals surface area contributed by atoms with Gasteiger partial charge in [0.1, 0.15) is 11.4 Å². The second kappa shape index (κ2) is 3.46. The molecule has 90 valence electrons. The van der Waals surface area contributed by atoms with Gasteiger partial charge in [-0.15, -0.1) is 0 Å². The normalized spacial score (nSPS) is 11.2. The van der Waals surface area contributed by atoms with Gasteiger partial charge in [-0.25, -0.2) is 9.18 Å². The topological polar surface area (TPSA) is 70.7 Å². The molecule has 0 atom stereocenters. The second-order valence-corrected chi connectivity index (χ2v) is 3.92. The highest BCUT2D eigenvalue weighted by Gasteiger charge is 2.11. The molecule has 0 aliphatic carbocycles. The number of rotatable bonds is 0. The van der Waals surface area contributed by atoms with Crippen LogP contribution in [-0.4, -0.2) is 10.2 Å². The van der Waals surface area contributed by atoms with Crippen LogP contribution in [0.15, 0.2) is 39.5 Å². The van der Waals surface area contributed by atoms with Crippen molar-refractivity contribution in [1.82, 2.24) is 0 Å². The Balaban J connectivity index is 2.62. The lowest BCUT2D eigenvalue weighted by molar-refractivity contribution is 0.403. The van der Waals surface area contributed by atoms with Crippen molar-refractivity contribution in [2.45, 2.75) is 0 Å². The fourth-order valence-corrected chi connectivity index (χ4v) is 1.92. The minimum absolute atomic E-state index is 0.0911. The van der Waals surface area contributed by atoms with E-state index < -0.39 is 17.2 Å². The molecule has 0 spiro atoms. The summed E-state index contributed by atoms with van der Waals surface area (Å²) in [4.78, 5) is 11.7. The summed E-state index contributed by atoms with van der Waals surface area (Å²) in [7, 11) is 0. The number of fused-ring (bicyclic) bond motifs is 3. The van der Waals surface area contributed by atoms with E-state index in [0.29, 0.717) is 10.8 Å². The Morgan fingerprint density at radius 1 is 0.944 bits per heavy atom. The van der Waals surface area contributed by atoms with Crippen LogP contribution in [0.1, 0.15) is 0 Å². The lowest BCUT2D eigenvalue weighted by atomic mass is 10.1. The average Bonchev–Trinajstić information content (AvgIpc) is 2.32. The monoisotopic (exact) mass is 246 g/mol. The summed E-state index contributed by atoms with van der Waals surface area (Å²) < 4.78 is 18.2. The Morgan fingerprint density at radius 2 is 1.67 bits per heavy atom. The maximum atomic E-state index is 13.2. The predicted molar refractivity (Wildman–Crippen MR) is 63.3 cm³/mol. The Labute approximate surface area is 99.5 Å². The van der Waals surface area contributed by atoms with E-state index in [0.717, 1.165) is 12.1 Å². The zero-order chi connectivity index (χ0) is 12.9. The molecule has 0 aliphatic heterocycles. The van der Waals surface area contributed by atoms with Crippen LogP contribution in [0.2, 0.25) is 0 Å². The molecule has 0 aliphatic rings. The van der Waals surface area contributed by atoms with E-state index in [1.165, 1.54) is 18.2 Å². The molecule has 0 unspecified atom stereocenters. The molecule has 1 aromatic heterocycles. The molecule has 0 saturated carbocycles. The van der Waals surface area contributed by atoms with E-state index in [1.54, 1.807) is 0 Å². The number of hydrogen-bond donors (Lipinski definition) is 2. The highest BCUT2D eigenvalue weighted by Crippen LogP contribution is 2.33. The lowest BCUT2D eigenvalue weighted by Crippen LogP contribution is -1.99. The Bertz CT molecular complexity index is 836. The summed E-state index contributed by atoms with van der Waals surface area (Å²) in [5, 5.41) is 19.7. The van der Waals surface area contributed by atoms with Gasteiger partial charge >= 0.3 is 5.63 Å². The average molecular weight is 246 g/mol. The number of phenolic OH excluding ortho intramolecular Hbond substituents is 2. The lowest BCUT2D eigenvalue weighted by Gasteiger charge is -2.04. The standard InChI is InChI=1S/C13H7FO4/c14-6-1-2-7-8(3-6)9-4-10(15)11(16)5-12(9)18-13(7)17/h1-5,15-16H. The summed E-state index contributed by atoms with van der Waals surface area (Å²) in [6.45, 7) is 0. The van der Waals surface area contributed by atoms with Crippen LogP contribution in [0.25, 0.3) is 21.7 Å². The highest BCUT2D eigenvalue weighted by atomic mass is 19.1. The van der Waals surface area contributed by atoms with Crippen LogP contribution in [0, 0.1) is 5.82 Å². The van der Waals surface area contributed by atoms with Crippen LogP contribution >= 0.6 is 0 Å². The van der Waals surface area contributed by atoms with Crippen LogP contribution < -0.4 is 5.63 Å². The molecule has 18 heavy (non-hydrogen) atoms. The molecular weight excluding hydrogens is 239 g/mol. The smallest absolute Gasteiger partial charge is 0.344 e. The molecule has 0 saturated heterocycles. The number of halogens is 1. The van der Waals surface area contributed by atoms with Crippen LogP contribution in [-0.2, 0) is 0 Å². The van der Waals surface area contributed by atoms with Gasteiger partial charge in [0.15, 0.2) is 11.5 Å². The summed E-state index contributed by atoms with van der Waals surface area (Å²) in [6, 6.07) is 6.02. The van der Waals surface area contributed by atoms with E-state index in [9.17, 15) is 19.4 Å². The third-order valence-electron chi connectivity index (χ3n) is 2.77. The number of hydrogen-bond acceptors (Lipinski definition) is 4. The van der Waals surface area contributed by atoms with Gasteiger partial charge < -0.3 is 14.6 Å². The molecule has 2 aromatic carbocycles. The highest BCUT2D eigenvalue weighted by molar-refractivity contribution is 6.05. The third kappa shape index (κ3) is 1.41. The second-order valence-electron chi connectivity index (χ2n) is 3.92. The van der Waals surface area contributed by atoms with Crippen molar-refractivity contribution in [2.24, 2.45) is 0 Å². The fourth-order valence-electron chi connectivity index (χ4n) is 1.92.